The number of carboxylic acid groups (broad SMARTS) is 1. The van der Waals surface area contributed by atoms with Crippen LogP contribution in [0.3, 0.4) is 0 Å². The zero-order chi connectivity index (χ0) is 21.1. The molecule has 0 radical (unpaired) electrons. The molecule has 2 aromatic heterocycles. The van der Waals surface area contributed by atoms with E-state index in [1.165, 1.54) is 4.57 Å². The van der Waals surface area contributed by atoms with Crippen LogP contribution in [0, 0.1) is 0 Å². The minimum absolute atomic E-state index is 0.0294. The number of pyridine rings is 1. The molecule has 0 unspecified atom stereocenters. The summed E-state index contributed by atoms with van der Waals surface area (Å²) in [4.78, 5) is 40.5. The molecule has 152 valence electrons. The van der Waals surface area contributed by atoms with Crippen LogP contribution in [-0.4, -0.2) is 32.0 Å². The lowest BCUT2D eigenvalue weighted by atomic mass is 10.0. The van der Waals surface area contributed by atoms with Crippen LogP contribution in [0.2, 0.25) is 5.02 Å². The van der Waals surface area contributed by atoms with Crippen LogP contribution in [0.15, 0.2) is 44.5 Å². The molecule has 10 heteroatoms. The Morgan fingerprint density at radius 2 is 1.97 bits per heavy atom. The van der Waals surface area contributed by atoms with Crippen molar-refractivity contribution >= 4 is 44.7 Å². The number of aromatic nitrogens is 3. The summed E-state index contributed by atoms with van der Waals surface area (Å²) in [7, 11) is 1.54. The third-order valence-corrected chi connectivity index (χ3v) is 5.39. The number of rotatable bonds is 6. The Bertz CT molecular complexity index is 1190. The minimum Gasteiger partial charge on any atom is -0.450 e. The topological polar surface area (TPSA) is 103 Å². The standard InChI is InChI=1S/C19H17BrClN3O5/c1-23-16-15(17(25)24(18(23)26)7-2-8-29-19(27)28)13(14(20)10-22-16)9-11-3-5-12(21)6-4-11/h3-6,10H,2,7-9H2,1H3,(H,27,28). The predicted octanol–water partition coefficient (Wildman–Crippen LogP) is 3.19. The van der Waals surface area contributed by atoms with Crippen LogP contribution in [0.1, 0.15) is 17.5 Å². The highest BCUT2D eigenvalue weighted by atomic mass is 79.9. The lowest BCUT2D eigenvalue weighted by Gasteiger charge is -2.14. The maximum atomic E-state index is 13.2. The summed E-state index contributed by atoms with van der Waals surface area (Å²) in [6.45, 7) is -0.0844. The number of hydrogen-bond acceptors (Lipinski definition) is 5. The van der Waals surface area contributed by atoms with Crippen molar-refractivity contribution in [3.63, 3.8) is 0 Å². The molecule has 3 rings (SSSR count). The first kappa shape index (κ1) is 21.1. The first-order valence-electron chi connectivity index (χ1n) is 8.66. The minimum atomic E-state index is -1.40. The molecule has 0 amide bonds. The van der Waals surface area contributed by atoms with Gasteiger partial charge in [-0.2, -0.15) is 0 Å². The molecule has 0 aliphatic carbocycles. The van der Waals surface area contributed by atoms with Gasteiger partial charge in [-0.15, -0.1) is 0 Å². The monoisotopic (exact) mass is 481 g/mol. The maximum Gasteiger partial charge on any atom is 0.505 e. The van der Waals surface area contributed by atoms with Gasteiger partial charge in [0.1, 0.15) is 5.65 Å². The Balaban J connectivity index is 2.10. The number of halogens is 2. The predicted molar refractivity (Wildman–Crippen MR) is 112 cm³/mol. The molecule has 0 saturated heterocycles. The van der Waals surface area contributed by atoms with E-state index < -0.39 is 17.4 Å². The van der Waals surface area contributed by atoms with Crippen molar-refractivity contribution < 1.29 is 14.6 Å². The third-order valence-electron chi connectivity index (χ3n) is 4.45. The van der Waals surface area contributed by atoms with E-state index in [0.717, 1.165) is 10.1 Å². The van der Waals surface area contributed by atoms with Gasteiger partial charge < -0.3 is 9.84 Å². The highest BCUT2D eigenvalue weighted by molar-refractivity contribution is 9.10. The fourth-order valence-corrected chi connectivity index (χ4v) is 3.61. The van der Waals surface area contributed by atoms with Crippen LogP contribution in [0.25, 0.3) is 11.0 Å². The van der Waals surface area contributed by atoms with Gasteiger partial charge in [0.05, 0.1) is 12.0 Å². The number of aryl methyl sites for hydroxylation is 1. The molecule has 0 aliphatic rings. The van der Waals surface area contributed by atoms with Crippen LogP contribution in [0.5, 0.6) is 0 Å². The second-order valence-electron chi connectivity index (χ2n) is 6.35. The van der Waals surface area contributed by atoms with E-state index >= 15 is 0 Å². The third kappa shape index (κ3) is 4.51. The van der Waals surface area contributed by atoms with E-state index in [9.17, 15) is 14.4 Å². The number of nitrogens with zero attached hydrogens (tertiary/aromatic N) is 3. The fourth-order valence-electron chi connectivity index (χ4n) is 3.05. The molecule has 2 heterocycles. The van der Waals surface area contributed by atoms with Gasteiger partial charge in [-0.25, -0.2) is 14.6 Å². The largest absolute Gasteiger partial charge is 0.505 e. The van der Waals surface area contributed by atoms with Crippen molar-refractivity contribution in [1.82, 2.24) is 14.1 Å². The molecule has 1 N–H and O–H groups in total. The van der Waals surface area contributed by atoms with Crippen LogP contribution in [-0.2, 0) is 24.8 Å². The van der Waals surface area contributed by atoms with E-state index in [4.69, 9.17) is 16.7 Å². The van der Waals surface area contributed by atoms with E-state index in [0.29, 0.717) is 26.9 Å². The van der Waals surface area contributed by atoms with Gasteiger partial charge >= 0.3 is 11.8 Å². The molecule has 3 aromatic rings. The quantitative estimate of drug-likeness (QED) is 0.427. The normalized spacial score (nSPS) is 11.0. The number of fused-ring (bicyclic) bond motifs is 1. The van der Waals surface area contributed by atoms with Crippen LogP contribution in [0.4, 0.5) is 4.79 Å². The summed E-state index contributed by atoms with van der Waals surface area (Å²) in [6.07, 6.45) is 0.798. The Hall–Kier alpha value is -2.65. The van der Waals surface area contributed by atoms with E-state index in [1.807, 2.05) is 12.1 Å². The van der Waals surface area contributed by atoms with Crippen molar-refractivity contribution in [2.45, 2.75) is 19.4 Å². The second kappa shape index (κ2) is 8.79. The number of carbonyl (C=O) groups is 1. The van der Waals surface area contributed by atoms with Crippen LogP contribution < -0.4 is 11.2 Å². The average Bonchev–Trinajstić information content (AvgIpc) is 2.68. The zero-order valence-corrected chi connectivity index (χ0v) is 17.7. The summed E-state index contributed by atoms with van der Waals surface area (Å²) < 4.78 is 7.49. The van der Waals surface area contributed by atoms with E-state index in [-0.39, 0.29) is 25.2 Å². The Morgan fingerprint density at radius 3 is 2.62 bits per heavy atom. The van der Waals surface area contributed by atoms with Gasteiger partial charge in [0.15, 0.2) is 0 Å². The van der Waals surface area contributed by atoms with Gasteiger partial charge in [-0.1, -0.05) is 23.7 Å². The molecule has 29 heavy (non-hydrogen) atoms. The van der Waals surface area contributed by atoms with Crippen molar-refractivity contribution in [1.29, 1.82) is 0 Å². The Kier molecular flexibility index (Phi) is 6.39. The zero-order valence-electron chi connectivity index (χ0n) is 15.4. The van der Waals surface area contributed by atoms with Crippen molar-refractivity contribution in [2.24, 2.45) is 7.05 Å². The lowest BCUT2D eigenvalue weighted by Crippen LogP contribution is -2.40. The Labute approximate surface area is 178 Å². The first-order chi connectivity index (χ1) is 13.8. The van der Waals surface area contributed by atoms with Gasteiger partial charge in [-0.3, -0.25) is 13.9 Å². The maximum absolute atomic E-state index is 13.2. The van der Waals surface area contributed by atoms with E-state index in [1.54, 1.807) is 25.4 Å². The molecule has 0 spiro atoms. The molecule has 0 saturated carbocycles. The van der Waals surface area contributed by atoms with Gasteiger partial charge in [0.2, 0.25) is 0 Å². The molecule has 0 bridgehead atoms. The molecule has 0 atom stereocenters. The molecule has 1 aromatic carbocycles. The fraction of sp³-hybridized carbons (Fsp3) is 0.263. The number of ether oxygens (including phenoxy) is 1. The summed E-state index contributed by atoms with van der Waals surface area (Å²) in [5, 5.41) is 9.49. The highest BCUT2D eigenvalue weighted by Crippen LogP contribution is 2.25. The molecular formula is C19H17BrClN3O5. The van der Waals surface area contributed by atoms with Crippen molar-refractivity contribution in [3.05, 3.63) is 71.9 Å². The summed E-state index contributed by atoms with van der Waals surface area (Å²) in [5.41, 5.74) is 0.928. The second-order valence-corrected chi connectivity index (χ2v) is 7.64. The van der Waals surface area contributed by atoms with Gasteiger partial charge in [0.25, 0.3) is 5.56 Å². The smallest absolute Gasteiger partial charge is 0.450 e. The Morgan fingerprint density at radius 1 is 1.28 bits per heavy atom. The molecule has 0 aliphatic heterocycles. The highest BCUT2D eigenvalue weighted by Gasteiger charge is 2.18. The van der Waals surface area contributed by atoms with Crippen LogP contribution >= 0.6 is 27.5 Å². The van der Waals surface area contributed by atoms with Gasteiger partial charge in [-0.05, 0) is 52.0 Å². The number of benzene rings is 1. The van der Waals surface area contributed by atoms with Gasteiger partial charge in [0, 0.05) is 29.3 Å². The first-order valence-corrected chi connectivity index (χ1v) is 9.83. The summed E-state index contributed by atoms with van der Waals surface area (Å²) in [5.74, 6) is 0. The molecule has 0 fully saturated rings. The molecule has 8 nitrogen and oxygen atoms in total. The average molecular weight is 483 g/mol. The SMILES string of the molecule is Cn1c(=O)n(CCCOC(=O)O)c(=O)c2c(Cc3ccc(Cl)cc3)c(Br)cnc21. The van der Waals surface area contributed by atoms with Crippen molar-refractivity contribution in [2.75, 3.05) is 6.61 Å². The lowest BCUT2D eigenvalue weighted by molar-refractivity contribution is 0.0894. The molecular weight excluding hydrogens is 466 g/mol. The number of hydrogen-bond donors (Lipinski definition) is 1. The van der Waals surface area contributed by atoms with Crippen molar-refractivity contribution in [3.8, 4) is 0 Å². The summed E-state index contributed by atoms with van der Waals surface area (Å²) in [6, 6.07) is 7.27. The summed E-state index contributed by atoms with van der Waals surface area (Å²) >= 11 is 9.41. The van der Waals surface area contributed by atoms with E-state index in [2.05, 4.69) is 25.7 Å².